The Bertz CT molecular complexity index is 686. The van der Waals surface area contributed by atoms with Crippen molar-refractivity contribution >= 4 is 34.7 Å². The van der Waals surface area contributed by atoms with Crippen LogP contribution in [0.1, 0.15) is 5.56 Å². The number of carbonyl (C=O) groups excluding carboxylic acids is 1. The first-order chi connectivity index (χ1) is 10.5. The van der Waals surface area contributed by atoms with Crippen LogP contribution in [0.5, 0.6) is 17.2 Å². The van der Waals surface area contributed by atoms with E-state index in [2.05, 4.69) is 33.1 Å². The third kappa shape index (κ3) is 4.92. The van der Waals surface area contributed by atoms with Crippen LogP contribution in [0.4, 0.5) is 0 Å². The standard InChI is InChI=1S/C15H13IN2O4/c16-11-2-4-12(5-3-11)22-9-15(21)18-17-8-10-1-6-13(19)14(20)7-10/h1-8,19-20H,9H2,(H,18,21)/b17-8-. The normalized spacial score (nSPS) is 10.6. The zero-order valence-electron chi connectivity index (χ0n) is 11.4. The molecule has 0 aliphatic heterocycles. The number of phenolic OH excluding ortho intramolecular Hbond substituents is 2. The molecule has 0 aromatic heterocycles. The van der Waals surface area contributed by atoms with Crippen LogP contribution in [0.3, 0.4) is 0 Å². The molecule has 7 heteroatoms. The van der Waals surface area contributed by atoms with E-state index in [1.807, 2.05) is 12.1 Å². The topological polar surface area (TPSA) is 91.2 Å². The molecular weight excluding hydrogens is 399 g/mol. The lowest BCUT2D eigenvalue weighted by molar-refractivity contribution is -0.123. The summed E-state index contributed by atoms with van der Waals surface area (Å²) in [5, 5.41) is 22.2. The number of carbonyl (C=O) groups is 1. The van der Waals surface area contributed by atoms with E-state index in [4.69, 9.17) is 4.74 Å². The van der Waals surface area contributed by atoms with Crippen molar-refractivity contribution in [3.8, 4) is 17.2 Å². The molecule has 0 radical (unpaired) electrons. The van der Waals surface area contributed by atoms with Gasteiger partial charge >= 0.3 is 0 Å². The van der Waals surface area contributed by atoms with Crippen LogP contribution < -0.4 is 10.2 Å². The van der Waals surface area contributed by atoms with Gasteiger partial charge in [-0.05, 0) is 70.6 Å². The Morgan fingerprint density at radius 1 is 1.18 bits per heavy atom. The fourth-order valence-electron chi connectivity index (χ4n) is 1.51. The first kappa shape index (κ1) is 16.1. The summed E-state index contributed by atoms with van der Waals surface area (Å²) in [5.74, 6) is -0.273. The summed E-state index contributed by atoms with van der Waals surface area (Å²) in [6.07, 6.45) is 1.35. The molecule has 1 amide bonds. The molecule has 114 valence electrons. The van der Waals surface area contributed by atoms with Crippen LogP contribution in [-0.4, -0.2) is 28.9 Å². The number of hydrazone groups is 1. The zero-order chi connectivity index (χ0) is 15.9. The predicted molar refractivity (Wildman–Crippen MR) is 90.2 cm³/mol. The molecule has 2 rings (SSSR count). The van der Waals surface area contributed by atoms with Crippen LogP contribution in [-0.2, 0) is 4.79 Å². The van der Waals surface area contributed by atoms with Gasteiger partial charge in [0.25, 0.3) is 5.91 Å². The number of phenols is 2. The van der Waals surface area contributed by atoms with Crippen molar-refractivity contribution in [1.29, 1.82) is 0 Å². The maximum Gasteiger partial charge on any atom is 0.277 e. The van der Waals surface area contributed by atoms with Gasteiger partial charge in [0.05, 0.1) is 6.21 Å². The van der Waals surface area contributed by atoms with Gasteiger partial charge in [0.15, 0.2) is 18.1 Å². The highest BCUT2D eigenvalue weighted by atomic mass is 127. The Morgan fingerprint density at radius 3 is 2.59 bits per heavy atom. The van der Waals surface area contributed by atoms with E-state index in [1.54, 1.807) is 18.2 Å². The van der Waals surface area contributed by atoms with E-state index < -0.39 is 5.91 Å². The Morgan fingerprint density at radius 2 is 1.91 bits per heavy atom. The molecule has 3 N–H and O–H groups in total. The minimum absolute atomic E-state index is 0.154. The second-order valence-electron chi connectivity index (χ2n) is 4.28. The first-order valence-electron chi connectivity index (χ1n) is 6.27. The third-order valence-electron chi connectivity index (χ3n) is 2.59. The maximum atomic E-state index is 11.6. The number of benzene rings is 2. The van der Waals surface area contributed by atoms with Gasteiger partial charge in [-0.25, -0.2) is 5.43 Å². The second-order valence-corrected chi connectivity index (χ2v) is 5.53. The van der Waals surface area contributed by atoms with Crippen molar-refractivity contribution in [2.75, 3.05) is 6.61 Å². The smallest absolute Gasteiger partial charge is 0.277 e. The molecule has 0 fully saturated rings. The van der Waals surface area contributed by atoms with Crippen molar-refractivity contribution in [2.24, 2.45) is 5.10 Å². The van der Waals surface area contributed by atoms with Gasteiger partial charge in [0.2, 0.25) is 0 Å². The molecular formula is C15H13IN2O4. The average Bonchev–Trinajstić information content (AvgIpc) is 2.50. The summed E-state index contributed by atoms with van der Waals surface area (Å²) in [4.78, 5) is 11.6. The summed E-state index contributed by atoms with van der Waals surface area (Å²) in [6.45, 7) is -0.154. The largest absolute Gasteiger partial charge is 0.504 e. The number of hydrogen-bond donors (Lipinski definition) is 3. The SMILES string of the molecule is O=C(COc1ccc(I)cc1)N/N=C\c1ccc(O)c(O)c1. The summed E-state index contributed by atoms with van der Waals surface area (Å²) >= 11 is 2.18. The number of nitrogens with one attached hydrogen (secondary N) is 1. The Labute approximate surface area is 140 Å². The molecule has 2 aromatic rings. The van der Waals surface area contributed by atoms with Gasteiger partial charge < -0.3 is 14.9 Å². The van der Waals surface area contributed by atoms with E-state index in [-0.39, 0.29) is 18.1 Å². The molecule has 0 saturated carbocycles. The van der Waals surface area contributed by atoms with Gasteiger partial charge in [-0.15, -0.1) is 0 Å². The maximum absolute atomic E-state index is 11.6. The molecule has 0 aliphatic rings. The Balaban J connectivity index is 1.80. The fourth-order valence-corrected chi connectivity index (χ4v) is 1.87. The van der Waals surface area contributed by atoms with Crippen molar-refractivity contribution in [2.45, 2.75) is 0 Å². The number of rotatable bonds is 5. The minimum atomic E-state index is -0.405. The van der Waals surface area contributed by atoms with Gasteiger partial charge in [-0.3, -0.25) is 4.79 Å². The predicted octanol–water partition coefficient (Wildman–Crippen LogP) is 2.23. The highest BCUT2D eigenvalue weighted by Gasteiger charge is 2.02. The van der Waals surface area contributed by atoms with Crippen LogP contribution in [0.2, 0.25) is 0 Å². The van der Waals surface area contributed by atoms with E-state index >= 15 is 0 Å². The number of amides is 1. The average molecular weight is 412 g/mol. The molecule has 6 nitrogen and oxygen atoms in total. The zero-order valence-corrected chi connectivity index (χ0v) is 13.5. The summed E-state index contributed by atoms with van der Waals surface area (Å²) in [5.41, 5.74) is 2.84. The van der Waals surface area contributed by atoms with E-state index in [0.29, 0.717) is 11.3 Å². The van der Waals surface area contributed by atoms with Crippen LogP contribution in [0, 0.1) is 3.57 Å². The molecule has 0 aliphatic carbocycles. The number of hydrogen-bond acceptors (Lipinski definition) is 5. The molecule has 0 saturated heterocycles. The van der Waals surface area contributed by atoms with Crippen molar-refractivity contribution in [3.63, 3.8) is 0 Å². The van der Waals surface area contributed by atoms with Crippen molar-refractivity contribution in [1.82, 2.24) is 5.43 Å². The summed E-state index contributed by atoms with van der Waals surface area (Å²) in [6, 6.07) is 11.5. The van der Waals surface area contributed by atoms with Gasteiger partial charge in [0.1, 0.15) is 5.75 Å². The number of halogens is 1. The minimum Gasteiger partial charge on any atom is -0.504 e. The third-order valence-corrected chi connectivity index (χ3v) is 3.31. The summed E-state index contributed by atoms with van der Waals surface area (Å²) < 4.78 is 6.38. The molecule has 0 unspecified atom stereocenters. The van der Waals surface area contributed by atoms with Crippen molar-refractivity contribution < 1.29 is 19.7 Å². The number of nitrogens with zero attached hydrogens (tertiary/aromatic N) is 1. The van der Waals surface area contributed by atoms with E-state index in [9.17, 15) is 15.0 Å². The number of aromatic hydroxyl groups is 2. The van der Waals surface area contributed by atoms with Gasteiger partial charge in [-0.2, -0.15) is 5.10 Å². The fraction of sp³-hybridized carbons (Fsp3) is 0.0667. The highest BCUT2D eigenvalue weighted by Crippen LogP contribution is 2.23. The first-order valence-corrected chi connectivity index (χ1v) is 7.35. The monoisotopic (exact) mass is 412 g/mol. The molecule has 0 heterocycles. The van der Waals surface area contributed by atoms with Crippen LogP contribution in [0.15, 0.2) is 47.6 Å². The molecule has 2 aromatic carbocycles. The molecule has 0 atom stereocenters. The Kier molecular flexibility index (Phi) is 5.59. The van der Waals surface area contributed by atoms with E-state index in [0.717, 1.165) is 3.57 Å². The van der Waals surface area contributed by atoms with Crippen LogP contribution in [0.25, 0.3) is 0 Å². The lowest BCUT2D eigenvalue weighted by Crippen LogP contribution is -2.24. The van der Waals surface area contributed by atoms with Gasteiger partial charge in [-0.1, -0.05) is 0 Å². The van der Waals surface area contributed by atoms with Gasteiger partial charge in [0, 0.05) is 3.57 Å². The summed E-state index contributed by atoms with van der Waals surface area (Å²) in [7, 11) is 0. The molecule has 22 heavy (non-hydrogen) atoms. The Hall–Kier alpha value is -2.29. The van der Waals surface area contributed by atoms with E-state index in [1.165, 1.54) is 18.3 Å². The molecule has 0 bridgehead atoms. The highest BCUT2D eigenvalue weighted by molar-refractivity contribution is 14.1. The quantitative estimate of drug-likeness (QED) is 0.304. The van der Waals surface area contributed by atoms with Crippen molar-refractivity contribution in [3.05, 3.63) is 51.6 Å². The van der Waals surface area contributed by atoms with Crippen LogP contribution >= 0.6 is 22.6 Å². The second kappa shape index (κ2) is 7.64. The molecule has 0 spiro atoms. The number of ether oxygens (including phenoxy) is 1. The lowest BCUT2D eigenvalue weighted by atomic mass is 10.2. The lowest BCUT2D eigenvalue weighted by Gasteiger charge is -2.04.